The van der Waals surface area contributed by atoms with Crippen molar-refractivity contribution in [2.24, 2.45) is 0 Å². The Hall–Kier alpha value is -1.61. The molecule has 1 aliphatic rings. The van der Waals surface area contributed by atoms with Crippen LogP contribution in [0.3, 0.4) is 0 Å². The normalized spacial score (nSPS) is 21.1. The molecule has 0 aromatic heterocycles. The second-order valence-corrected chi connectivity index (χ2v) is 4.76. The highest BCUT2D eigenvalue weighted by Gasteiger charge is 2.31. The monoisotopic (exact) mass is 259 g/mol. The van der Waals surface area contributed by atoms with E-state index >= 15 is 0 Å². The second kappa shape index (κ2) is 6.53. The molecule has 1 aliphatic heterocycles. The predicted molar refractivity (Wildman–Crippen MR) is 75.7 cm³/mol. The van der Waals surface area contributed by atoms with Crippen molar-refractivity contribution in [1.29, 1.82) is 0 Å². The summed E-state index contributed by atoms with van der Waals surface area (Å²) in [6.07, 6.45) is 4.92. The lowest BCUT2D eigenvalue weighted by atomic mass is 10.0. The van der Waals surface area contributed by atoms with Crippen LogP contribution in [0.1, 0.15) is 31.9 Å². The Kier molecular flexibility index (Phi) is 4.74. The van der Waals surface area contributed by atoms with Gasteiger partial charge in [0.05, 0.1) is 6.61 Å². The molecule has 2 rings (SSSR count). The highest BCUT2D eigenvalue weighted by molar-refractivity contribution is 5.76. The quantitative estimate of drug-likeness (QED) is 0.615. The molecule has 0 spiro atoms. The first-order valence-corrected chi connectivity index (χ1v) is 6.86. The molecule has 0 unspecified atom stereocenters. The number of benzene rings is 1. The Morgan fingerprint density at radius 2 is 2.11 bits per heavy atom. The third-order valence-electron chi connectivity index (χ3n) is 3.58. The first-order chi connectivity index (χ1) is 9.24. The summed E-state index contributed by atoms with van der Waals surface area (Å²) in [5.41, 5.74) is 1.23. The van der Waals surface area contributed by atoms with Crippen molar-refractivity contribution in [2.75, 3.05) is 13.2 Å². The number of carbonyl (C=O) groups is 1. The minimum absolute atomic E-state index is 0.116. The number of hydrogen-bond donors (Lipinski definition) is 0. The molecular formula is C16H21NO2. The molecular weight excluding hydrogens is 238 g/mol. The molecule has 3 heteroatoms. The maximum Gasteiger partial charge on any atom is 0.323 e. The van der Waals surface area contributed by atoms with Crippen molar-refractivity contribution in [1.82, 2.24) is 4.90 Å². The molecule has 2 atom stereocenters. The summed E-state index contributed by atoms with van der Waals surface area (Å²) >= 11 is 0. The fourth-order valence-electron chi connectivity index (χ4n) is 2.51. The van der Waals surface area contributed by atoms with Crippen molar-refractivity contribution in [3.63, 3.8) is 0 Å². The highest BCUT2D eigenvalue weighted by Crippen LogP contribution is 2.26. The highest BCUT2D eigenvalue weighted by atomic mass is 16.5. The molecule has 102 valence electrons. The van der Waals surface area contributed by atoms with Gasteiger partial charge in [-0.2, -0.15) is 0 Å². The standard InChI is InChI=1S/C16H21NO2/c1-3-19-16(18)15-11-7-8-12-17(15)13(2)14-9-5-4-6-10-14/h4-10,13,15H,3,11-12H2,1-2H3/t13-,15+/m0/s1. The zero-order valence-corrected chi connectivity index (χ0v) is 11.6. The summed E-state index contributed by atoms with van der Waals surface area (Å²) in [5.74, 6) is -0.116. The summed E-state index contributed by atoms with van der Waals surface area (Å²) in [5, 5.41) is 0. The van der Waals surface area contributed by atoms with Gasteiger partial charge in [0.15, 0.2) is 0 Å². The lowest BCUT2D eigenvalue weighted by molar-refractivity contribution is -0.150. The molecule has 0 saturated carbocycles. The van der Waals surface area contributed by atoms with Crippen LogP contribution in [0, 0.1) is 0 Å². The topological polar surface area (TPSA) is 29.5 Å². The summed E-state index contributed by atoms with van der Waals surface area (Å²) < 4.78 is 5.18. The van der Waals surface area contributed by atoms with Crippen LogP contribution >= 0.6 is 0 Å². The Morgan fingerprint density at radius 3 is 2.79 bits per heavy atom. The first kappa shape index (κ1) is 13.8. The molecule has 19 heavy (non-hydrogen) atoms. The van der Waals surface area contributed by atoms with Crippen LogP contribution in [0.2, 0.25) is 0 Å². The Morgan fingerprint density at radius 1 is 1.37 bits per heavy atom. The van der Waals surface area contributed by atoms with E-state index in [9.17, 15) is 4.79 Å². The van der Waals surface area contributed by atoms with E-state index in [1.807, 2.05) is 25.1 Å². The van der Waals surface area contributed by atoms with E-state index in [0.29, 0.717) is 6.61 Å². The maximum absolute atomic E-state index is 12.0. The average molecular weight is 259 g/mol. The van der Waals surface area contributed by atoms with E-state index in [-0.39, 0.29) is 18.1 Å². The van der Waals surface area contributed by atoms with Crippen molar-refractivity contribution >= 4 is 5.97 Å². The number of esters is 1. The van der Waals surface area contributed by atoms with E-state index in [4.69, 9.17) is 4.74 Å². The minimum Gasteiger partial charge on any atom is -0.465 e. The third-order valence-corrected chi connectivity index (χ3v) is 3.58. The number of rotatable bonds is 4. The molecule has 0 fully saturated rings. The van der Waals surface area contributed by atoms with E-state index in [2.05, 4.69) is 36.1 Å². The van der Waals surface area contributed by atoms with Crippen LogP contribution in [-0.2, 0) is 9.53 Å². The van der Waals surface area contributed by atoms with Crippen LogP contribution in [0.5, 0.6) is 0 Å². The molecule has 0 bridgehead atoms. The molecule has 0 radical (unpaired) electrons. The molecule has 1 heterocycles. The van der Waals surface area contributed by atoms with E-state index in [1.165, 1.54) is 5.56 Å². The lowest BCUT2D eigenvalue weighted by Gasteiger charge is -2.36. The van der Waals surface area contributed by atoms with Crippen LogP contribution in [-0.4, -0.2) is 30.1 Å². The Labute approximate surface area is 114 Å². The first-order valence-electron chi connectivity index (χ1n) is 6.86. The third kappa shape index (κ3) is 3.24. The predicted octanol–water partition coefficient (Wildman–Crippen LogP) is 2.94. The summed E-state index contributed by atoms with van der Waals surface area (Å²) in [6.45, 7) is 5.22. The summed E-state index contributed by atoms with van der Waals surface area (Å²) in [4.78, 5) is 14.2. The van der Waals surface area contributed by atoms with Crippen molar-refractivity contribution in [2.45, 2.75) is 32.4 Å². The number of ether oxygens (including phenoxy) is 1. The largest absolute Gasteiger partial charge is 0.465 e. The Bertz CT molecular complexity index is 441. The van der Waals surface area contributed by atoms with Gasteiger partial charge in [0, 0.05) is 12.6 Å². The zero-order chi connectivity index (χ0) is 13.7. The van der Waals surface area contributed by atoms with E-state index < -0.39 is 0 Å². The molecule has 0 amide bonds. The zero-order valence-electron chi connectivity index (χ0n) is 11.6. The lowest BCUT2D eigenvalue weighted by Crippen LogP contribution is -2.45. The van der Waals surface area contributed by atoms with Crippen molar-refractivity contribution in [3.8, 4) is 0 Å². The van der Waals surface area contributed by atoms with Gasteiger partial charge in [-0.1, -0.05) is 42.5 Å². The van der Waals surface area contributed by atoms with Gasteiger partial charge in [-0.3, -0.25) is 9.69 Å². The van der Waals surface area contributed by atoms with Crippen LogP contribution < -0.4 is 0 Å². The molecule has 0 N–H and O–H groups in total. The second-order valence-electron chi connectivity index (χ2n) is 4.76. The van der Waals surface area contributed by atoms with Gasteiger partial charge >= 0.3 is 5.97 Å². The summed E-state index contributed by atoms with van der Waals surface area (Å²) in [7, 11) is 0. The minimum atomic E-state index is -0.167. The molecule has 3 nitrogen and oxygen atoms in total. The van der Waals surface area contributed by atoms with E-state index in [0.717, 1.165) is 13.0 Å². The van der Waals surface area contributed by atoms with Crippen molar-refractivity contribution < 1.29 is 9.53 Å². The number of nitrogens with zero attached hydrogens (tertiary/aromatic N) is 1. The van der Waals surface area contributed by atoms with Gasteiger partial charge < -0.3 is 4.74 Å². The Balaban J connectivity index is 2.16. The maximum atomic E-state index is 12.0. The van der Waals surface area contributed by atoms with E-state index in [1.54, 1.807) is 0 Å². The molecule has 0 saturated heterocycles. The molecule has 0 aliphatic carbocycles. The average Bonchev–Trinajstić information content (AvgIpc) is 2.47. The van der Waals surface area contributed by atoms with Gasteiger partial charge in [-0.25, -0.2) is 0 Å². The van der Waals surface area contributed by atoms with Gasteiger partial charge in [0.1, 0.15) is 6.04 Å². The molecule has 1 aromatic carbocycles. The number of carbonyl (C=O) groups excluding carboxylic acids is 1. The summed E-state index contributed by atoms with van der Waals surface area (Å²) in [6, 6.07) is 10.3. The van der Waals surface area contributed by atoms with Crippen LogP contribution in [0.4, 0.5) is 0 Å². The van der Waals surface area contributed by atoms with Gasteiger partial charge in [0.25, 0.3) is 0 Å². The fraction of sp³-hybridized carbons (Fsp3) is 0.438. The van der Waals surface area contributed by atoms with Crippen LogP contribution in [0.15, 0.2) is 42.5 Å². The van der Waals surface area contributed by atoms with Gasteiger partial charge in [-0.15, -0.1) is 0 Å². The SMILES string of the molecule is CCOC(=O)[C@H]1CC=CCN1[C@@H](C)c1ccccc1. The van der Waals surface area contributed by atoms with Gasteiger partial charge in [0.2, 0.25) is 0 Å². The number of hydrogen-bond acceptors (Lipinski definition) is 3. The van der Waals surface area contributed by atoms with Crippen LogP contribution in [0.25, 0.3) is 0 Å². The smallest absolute Gasteiger partial charge is 0.323 e. The fourth-order valence-corrected chi connectivity index (χ4v) is 2.51. The van der Waals surface area contributed by atoms with Gasteiger partial charge in [-0.05, 0) is 25.8 Å². The molecule has 1 aromatic rings. The van der Waals surface area contributed by atoms with Crippen molar-refractivity contribution in [3.05, 3.63) is 48.0 Å².